The van der Waals surface area contributed by atoms with Crippen LogP contribution < -0.4 is 5.43 Å². The van der Waals surface area contributed by atoms with Crippen LogP contribution in [0, 0.1) is 6.92 Å². The number of benzene rings is 3. The summed E-state index contributed by atoms with van der Waals surface area (Å²) in [5, 5.41) is 13.7. The van der Waals surface area contributed by atoms with Crippen LogP contribution in [0.2, 0.25) is 0 Å². The number of aromatic nitrogens is 3. The third-order valence-electron chi connectivity index (χ3n) is 5.92. The molecular formula is C31H33N5OS. The molecule has 0 fully saturated rings. The predicted octanol–water partition coefficient (Wildman–Crippen LogP) is 6.84. The van der Waals surface area contributed by atoms with Crippen molar-refractivity contribution in [2.24, 2.45) is 5.10 Å². The lowest BCUT2D eigenvalue weighted by molar-refractivity contribution is -0.118. The van der Waals surface area contributed by atoms with Gasteiger partial charge in [-0.05, 0) is 48.1 Å². The molecule has 0 saturated heterocycles. The molecule has 0 radical (unpaired) electrons. The van der Waals surface area contributed by atoms with Crippen molar-refractivity contribution >= 4 is 30.0 Å². The van der Waals surface area contributed by atoms with Crippen LogP contribution in [0.15, 0.2) is 94.7 Å². The zero-order valence-electron chi connectivity index (χ0n) is 22.5. The van der Waals surface area contributed by atoms with E-state index in [4.69, 9.17) is 0 Å². The van der Waals surface area contributed by atoms with Crippen molar-refractivity contribution in [1.29, 1.82) is 0 Å². The molecule has 4 aromatic rings. The zero-order valence-corrected chi connectivity index (χ0v) is 23.3. The average molecular weight is 524 g/mol. The molecule has 1 N–H and O–H groups in total. The maximum absolute atomic E-state index is 12.5. The highest BCUT2D eigenvalue weighted by molar-refractivity contribution is 7.99. The fourth-order valence-electron chi connectivity index (χ4n) is 3.81. The molecule has 0 saturated carbocycles. The number of hydrogen-bond donors (Lipinski definition) is 1. The van der Waals surface area contributed by atoms with Gasteiger partial charge in [0.05, 0.1) is 12.0 Å². The standard InChI is InChI=1S/C31H33N5OS/c1-22-11-17-27(18-12-22)36-29(25-13-15-26(16-14-25)31(3,4)5)34-35-30(36)38-21-28(37)33-32-20-23(2)19-24-9-7-6-8-10-24/h6-20H,21H2,1-5H3,(H,33,37)/b23-19+,32-20-. The highest BCUT2D eigenvalue weighted by Gasteiger charge is 2.19. The summed E-state index contributed by atoms with van der Waals surface area (Å²) in [6.07, 6.45) is 3.65. The molecule has 0 aliphatic heterocycles. The summed E-state index contributed by atoms with van der Waals surface area (Å²) >= 11 is 1.33. The summed E-state index contributed by atoms with van der Waals surface area (Å²) in [6, 6.07) is 26.6. The van der Waals surface area contributed by atoms with Crippen molar-refractivity contribution in [1.82, 2.24) is 20.2 Å². The van der Waals surface area contributed by atoms with Gasteiger partial charge in [0.1, 0.15) is 0 Å². The van der Waals surface area contributed by atoms with Crippen LogP contribution in [-0.4, -0.2) is 32.6 Å². The Bertz CT molecular complexity index is 1430. The molecule has 0 atom stereocenters. The van der Waals surface area contributed by atoms with Crippen molar-refractivity contribution in [3.63, 3.8) is 0 Å². The van der Waals surface area contributed by atoms with Crippen molar-refractivity contribution in [2.45, 2.75) is 45.2 Å². The summed E-state index contributed by atoms with van der Waals surface area (Å²) in [7, 11) is 0. The van der Waals surface area contributed by atoms with E-state index in [2.05, 4.69) is 84.8 Å². The van der Waals surface area contributed by atoms with Gasteiger partial charge in [0.25, 0.3) is 5.91 Å². The van der Waals surface area contributed by atoms with E-state index in [0.717, 1.165) is 28.2 Å². The van der Waals surface area contributed by atoms with Gasteiger partial charge >= 0.3 is 0 Å². The first-order valence-corrected chi connectivity index (χ1v) is 13.5. The van der Waals surface area contributed by atoms with E-state index in [0.29, 0.717) is 5.16 Å². The Kier molecular flexibility index (Phi) is 8.59. The zero-order chi connectivity index (χ0) is 27.1. The Morgan fingerprint density at radius 3 is 2.32 bits per heavy atom. The number of thioether (sulfide) groups is 1. The van der Waals surface area contributed by atoms with Gasteiger partial charge in [-0.25, -0.2) is 5.43 Å². The Morgan fingerprint density at radius 1 is 0.974 bits per heavy atom. The van der Waals surface area contributed by atoms with Crippen LogP contribution >= 0.6 is 11.8 Å². The maximum Gasteiger partial charge on any atom is 0.250 e. The van der Waals surface area contributed by atoms with Crippen LogP contribution in [0.5, 0.6) is 0 Å². The molecule has 6 nitrogen and oxygen atoms in total. The molecular weight excluding hydrogens is 490 g/mol. The molecule has 0 aliphatic carbocycles. The number of carbonyl (C=O) groups excluding carboxylic acids is 1. The molecule has 1 amide bonds. The van der Waals surface area contributed by atoms with E-state index in [-0.39, 0.29) is 17.1 Å². The van der Waals surface area contributed by atoms with E-state index in [9.17, 15) is 4.79 Å². The number of rotatable bonds is 8. The maximum atomic E-state index is 12.5. The normalized spacial score (nSPS) is 12.2. The summed E-state index contributed by atoms with van der Waals surface area (Å²) in [5.74, 6) is 0.677. The van der Waals surface area contributed by atoms with Gasteiger partial charge in [0.15, 0.2) is 11.0 Å². The third-order valence-corrected chi connectivity index (χ3v) is 6.85. The highest BCUT2D eigenvalue weighted by Crippen LogP contribution is 2.30. The molecule has 0 bridgehead atoms. The van der Waals surface area contributed by atoms with Gasteiger partial charge in [0, 0.05) is 11.3 Å². The molecule has 0 spiro atoms. The van der Waals surface area contributed by atoms with E-state index in [1.807, 2.05) is 60.0 Å². The van der Waals surface area contributed by atoms with Gasteiger partial charge in [-0.3, -0.25) is 9.36 Å². The lowest BCUT2D eigenvalue weighted by Crippen LogP contribution is -2.20. The molecule has 1 heterocycles. The topological polar surface area (TPSA) is 72.2 Å². The van der Waals surface area contributed by atoms with Crippen molar-refractivity contribution < 1.29 is 4.79 Å². The molecule has 3 aromatic carbocycles. The lowest BCUT2D eigenvalue weighted by atomic mass is 9.87. The molecule has 0 aliphatic rings. The number of nitrogens with zero attached hydrogens (tertiary/aromatic N) is 4. The smallest absolute Gasteiger partial charge is 0.250 e. The van der Waals surface area contributed by atoms with Crippen molar-refractivity contribution in [2.75, 3.05) is 5.75 Å². The molecule has 194 valence electrons. The Labute approximate surface area is 228 Å². The van der Waals surface area contributed by atoms with Gasteiger partial charge in [-0.15, -0.1) is 10.2 Å². The fraction of sp³-hybridized carbons (Fsp3) is 0.226. The van der Waals surface area contributed by atoms with Crippen molar-refractivity contribution in [3.05, 3.63) is 101 Å². The number of hydrazone groups is 1. The number of nitrogens with one attached hydrogen (secondary N) is 1. The Balaban J connectivity index is 1.50. The molecule has 7 heteroatoms. The van der Waals surface area contributed by atoms with Gasteiger partial charge in [-0.2, -0.15) is 5.10 Å². The number of carbonyl (C=O) groups is 1. The number of hydrogen-bond acceptors (Lipinski definition) is 5. The van der Waals surface area contributed by atoms with Crippen LogP contribution in [0.3, 0.4) is 0 Å². The fourth-order valence-corrected chi connectivity index (χ4v) is 4.56. The summed E-state index contributed by atoms with van der Waals surface area (Å²) in [5.41, 5.74) is 9.02. The van der Waals surface area contributed by atoms with E-state index in [1.54, 1.807) is 6.21 Å². The number of amides is 1. The van der Waals surface area contributed by atoms with Crippen LogP contribution in [0.25, 0.3) is 23.2 Å². The summed E-state index contributed by atoms with van der Waals surface area (Å²) < 4.78 is 2.00. The monoisotopic (exact) mass is 523 g/mol. The highest BCUT2D eigenvalue weighted by atomic mass is 32.2. The van der Waals surface area contributed by atoms with E-state index < -0.39 is 0 Å². The molecule has 38 heavy (non-hydrogen) atoms. The minimum absolute atomic E-state index is 0.0654. The van der Waals surface area contributed by atoms with Crippen LogP contribution in [0.1, 0.15) is 44.4 Å². The Hall–Kier alpha value is -3.97. The lowest BCUT2D eigenvalue weighted by Gasteiger charge is -2.19. The quantitative estimate of drug-likeness (QED) is 0.156. The van der Waals surface area contributed by atoms with Crippen molar-refractivity contribution in [3.8, 4) is 17.1 Å². The van der Waals surface area contributed by atoms with E-state index >= 15 is 0 Å². The first-order valence-electron chi connectivity index (χ1n) is 12.5. The SMILES string of the molecule is CC(/C=N\NC(=O)CSc1nnc(-c2ccc(C(C)(C)C)cc2)n1-c1ccc(C)cc1)=C\c1ccccc1. The third kappa shape index (κ3) is 7.07. The second-order valence-electron chi connectivity index (χ2n) is 10.2. The van der Waals surface area contributed by atoms with Gasteiger partial charge in [0.2, 0.25) is 0 Å². The summed E-state index contributed by atoms with van der Waals surface area (Å²) in [6.45, 7) is 10.6. The van der Waals surface area contributed by atoms with Crippen LogP contribution in [0.4, 0.5) is 0 Å². The molecule has 4 rings (SSSR count). The van der Waals surface area contributed by atoms with Gasteiger partial charge < -0.3 is 0 Å². The van der Waals surface area contributed by atoms with Gasteiger partial charge in [-0.1, -0.05) is 111 Å². The largest absolute Gasteiger partial charge is 0.272 e. The molecule has 1 aromatic heterocycles. The number of aryl methyl sites for hydroxylation is 1. The second kappa shape index (κ2) is 12.0. The van der Waals surface area contributed by atoms with E-state index in [1.165, 1.54) is 22.9 Å². The minimum Gasteiger partial charge on any atom is -0.272 e. The first kappa shape index (κ1) is 27.1. The Morgan fingerprint density at radius 2 is 1.66 bits per heavy atom. The van der Waals surface area contributed by atoms with Crippen LogP contribution in [-0.2, 0) is 10.2 Å². The predicted molar refractivity (Wildman–Crippen MR) is 158 cm³/mol. The summed E-state index contributed by atoms with van der Waals surface area (Å²) in [4.78, 5) is 12.5. The first-order chi connectivity index (χ1) is 18.2. The average Bonchev–Trinajstić information content (AvgIpc) is 3.32. The molecule has 0 unspecified atom stereocenters. The number of allylic oxidation sites excluding steroid dienone is 1. The minimum atomic E-state index is -0.215. The second-order valence-corrected chi connectivity index (χ2v) is 11.1.